The van der Waals surface area contributed by atoms with Gasteiger partial charge in [0.1, 0.15) is 5.58 Å². The van der Waals surface area contributed by atoms with Gasteiger partial charge < -0.3 is 9.40 Å². The summed E-state index contributed by atoms with van der Waals surface area (Å²) in [7, 11) is 0. The summed E-state index contributed by atoms with van der Waals surface area (Å²) >= 11 is 0. The molecule has 0 aliphatic carbocycles. The van der Waals surface area contributed by atoms with Crippen LogP contribution < -0.4 is 5.63 Å². The maximum absolute atomic E-state index is 11.5. The summed E-state index contributed by atoms with van der Waals surface area (Å²) in [4.78, 5) is 14.4. The lowest BCUT2D eigenvalue weighted by molar-refractivity contribution is 0.570. The molecule has 14 heavy (non-hydrogen) atoms. The Balaban J connectivity index is 2.73. The van der Waals surface area contributed by atoms with E-state index in [2.05, 4.69) is 4.98 Å². The molecule has 3 aromatic rings. The van der Waals surface area contributed by atoms with Gasteiger partial charge in [0.25, 0.3) is 0 Å². The predicted octanol–water partition coefficient (Wildman–Crippen LogP) is 2.27. The monoisotopic (exact) mass is 185 g/mol. The van der Waals surface area contributed by atoms with Crippen molar-refractivity contribution in [3.63, 3.8) is 0 Å². The number of hydrogen-bond donors (Lipinski definition) is 1. The Morgan fingerprint density at radius 3 is 2.71 bits per heavy atom. The molecule has 0 unspecified atom stereocenters. The first kappa shape index (κ1) is 7.38. The van der Waals surface area contributed by atoms with E-state index in [1.807, 2.05) is 24.4 Å². The lowest BCUT2D eigenvalue weighted by Crippen LogP contribution is -1.96. The third-order valence-electron chi connectivity index (χ3n) is 2.35. The molecule has 68 valence electrons. The Hall–Kier alpha value is -2.03. The lowest BCUT2D eigenvalue weighted by atomic mass is 10.1. The minimum Gasteiger partial charge on any atom is -0.422 e. The van der Waals surface area contributed by atoms with Crippen LogP contribution in [0.1, 0.15) is 0 Å². The van der Waals surface area contributed by atoms with Gasteiger partial charge in [-0.05, 0) is 6.07 Å². The Morgan fingerprint density at radius 1 is 1.00 bits per heavy atom. The van der Waals surface area contributed by atoms with Gasteiger partial charge in [-0.2, -0.15) is 0 Å². The minimum absolute atomic E-state index is 0.292. The van der Waals surface area contributed by atoms with Crippen LogP contribution in [0.2, 0.25) is 0 Å². The minimum atomic E-state index is -0.292. The van der Waals surface area contributed by atoms with Gasteiger partial charge >= 0.3 is 5.63 Å². The first-order valence-electron chi connectivity index (χ1n) is 4.34. The summed E-state index contributed by atoms with van der Waals surface area (Å²) < 4.78 is 5.16. The highest BCUT2D eigenvalue weighted by molar-refractivity contribution is 6.03. The van der Waals surface area contributed by atoms with Gasteiger partial charge in [-0.25, -0.2) is 4.79 Å². The summed E-state index contributed by atoms with van der Waals surface area (Å²) in [5.41, 5.74) is 0.338. The third-order valence-corrected chi connectivity index (χ3v) is 2.35. The quantitative estimate of drug-likeness (QED) is 0.546. The molecule has 0 bridgehead atoms. The Morgan fingerprint density at radius 2 is 1.79 bits per heavy atom. The third kappa shape index (κ3) is 0.836. The molecule has 0 atom stereocenters. The van der Waals surface area contributed by atoms with Gasteiger partial charge in [0.15, 0.2) is 0 Å². The molecule has 0 fully saturated rings. The van der Waals surface area contributed by atoms with Gasteiger partial charge in [0.2, 0.25) is 0 Å². The van der Waals surface area contributed by atoms with Crippen LogP contribution in [0.3, 0.4) is 0 Å². The van der Waals surface area contributed by atoms with E-state index in [-0.39, 0.29) is 5.63 Å². The largest absolute Gasteiger partial charge is 0.422 e. The highest BCUT2D eigenvalue weighted by atomic mass is 16.4. The Labute approximate surface area is 79.0 Å². The number of rotatable bonds is 0. The standard InChI is InChI=1S/C11H7NO2/c13-11-9-6-12-5-8(9)7-3-1-2-4-10(7)14-11/h1-6,12H. The molecule has 3 heteroatoms. The average Bonchev–Trinajstić information content (AvgIpc) is 2.67. The molecule has 1 N–H and O–H groups in total. The molecule has 3 rings (SSSR count). The van der Waals surface area contributed by atoms with Crippen LogP contribution in [-0.2, 0) is 0 Å². The SMILES string of the molecule is O=c1oc2ccccc2c2c[nH]cc12. The smallest absolute Gasteiger partial charge is 0.345 e. The van der Waals surface area contributed by atoms with Crippen LogP contribution in [0, 0.1) is 0 Å². The van der Waals surface area contributed by atoms with Crippen molar-refractivity contribution in [2.45, 2.75) is 0 Å². The molecule has 3 nitrogen and oxygen atoms in total. The van der Waals surface area contributed by atoms with Crippen LogP contribution in [0.15, 0.2) is 45.9 Å². The summed E-state index contributed by atoms with van der Waals surface area (Å²) in [6.07, 6.45) is 3.47. The Kier molecular flexibility index (Phi) is 1.31. The second-order valence-electron chi connectivity index (χ2n) is 3.17. The van der Waals surface area contributed by atoms with Crippen molar-refractivity contribution in [3.8, 4) is 0 Å². The van der Waals surface area contributed by atoms with Crippen molar-refractivity contribution in [1.82, 2.24) is 4.98 Å². The Bertz CT molecular complexity index is 663. The van der Waals surface area contributed by atoms with E-state index in [9.17, 15) is 4.79 Å². The number of aromatic nitrogens is 1. The van der Waals surface area contributed by atoms with Crippen molar-refractivity contribution in [3.05, 3.63) is 47.1 Å². The molecule has 2 aromatic heterocycles. The van der Waals surface area contributed by atoms with Crippen LogP contribution in [-0.4, -0.2) is 4.98 Å². The first-order chi connectivity index (χ1) is 6.86. The van der Waals surface area contributed by atoms with Gasteiger partial charge in [-0.1, -0.05) is 18.2 Å². The van der Waals surface area contributed by atoms with Crippen molar-refractivity contribution in [2.75, 3.05) is 0 Å². The second kappa shape index (κ2) is 2.48. The zero-order valence-electron chi connectivity index (χ0n) is 7.28. The normalized spacial score (nSPS) is 11.1. The van der Waals surface area contributed by atoms with Gasteiger partial charge in [0, 0.05) is 23.2 Å². The number of para-hydroxylation sites is 1. The summed E-state index contributed by atoms with van der Waals surface area (Å²) in [6, 6.07) is 7.51. The topological polar surface area (TPSA) is 46.0 Å². The van der Waals surface area contributed by atoms with Gasteiger partial charge in [-0.3, -0.25) is 0 Å². The number of nitrogens with one attached hydrogen (secondary N) is 1. The zero-order chi connectivity index (χ0) is 9.54. The molecule has 0 aliphatic rings. The molecule has 2 heterocycles. The fourth-order valence-electron chi connectivity index (χ4n) is 1.69. The van der Waals surface area contributed by atoms with Crippen molar-refractivity contribution in [1.29, 1.82) is 0 Å². The van der Waals surface area contributed by atoms with E-state index in [1.165, 1.54) is 0 Å². The number of hydrogen-bond acceptors (Lipinski definition) is 2. The number of H-pyrrole nitrogens is 1. The van der Waals surface area contributed by atoms with E-state index in [0.29, 0.717) is 11.0 Å². The number of fused-ring (bicyclic) bond motifs is 3. The maximum atomic E-state index is 11.5. The fraction of sp³-hybridized carbons (Fsp3) is 0. The molecule has 0 saturated carbocycles. The molecule has 0 radical (unpaired) electrons. The number of aromatic amines is 1. The van der Waals surface area contributed by atoms with Crippen LogP contribution >= 0.6 is 0 Å². The van der Waals surface area contributed by atoms with Crippen molar-refractivity contribution >= 4 is 21.7 Å². The van der Waals surface area contributed by atoms with Crippen LogP contribution in [0.4, 0.5) is 0 Å². The lowest BCUT2D eigenvalue weighted by Gasteiger charge is -1.96. The summed E-state index contributed by atoms with van der Waals surface area (Å²) in [5.74, 6) is 0. The first-order valence-corrected chi connectivity index (χ1v) is 4.34. The van der Waals surface area contributed by atoms with E-state index < -0.39 is 0 Å². The maximum Gasteiger partial charge on any atom is 0.345 e. The zero-order valence-corrected chi connectivity index (χ0v) is 7.28. The van der Waals surface area contributed by atoms with Crippen molar-refractivity contribution in [2.24, 2.45) is 0 Å². The molecular formula is C11H7NO2. The fourth-order valence-corrected chi connectivity index (χ4v) is 1.69. The van der Waals surface area contributed by atoms with Crippen molar-refractivity contribution < 1.29 is 4.42 Å². The van der Waals surface area contributed by atoms with Crippen LogP contribution in [0.5, 0.6) is 0 Å². The molecule has 0 amide bonds. The molecule has 0 spiro atoms. The van der Waals surface area contributed by atoms with Crippen LogP contribution in [0.25, 0.3) is 21.7 Å². The van der Waals surface area contributed by atoms with E-state index in [1.54, 1.807) is 12.3 Å². The molecule has 1 aromatic carbocycles. The van der Waals surface area contributed by atoms with Gasteiger partial charge in [0.05, 0.1) is 5.39 Å². The highest BCUT2D eigenvalue weighted by Gasteiger charge is 2.06. The van der Waals surface area contributed by atoms with Gasteiger partial charge in [-0.15, -0.1) is 0 Å². The van der Waals surface area contributed by atoms with E-state index in [0.717, 1.165) is 10.8 Å². The average molecular weight is 185 g/mol. The summed E-state index contributed by atoms with van der Waals surface area (Å²) in [5, 5.41) is 2.48. The molecule has 0 aliphatic heterocycles. The predicted molar refractivity (Wildman–Crippen MR) is 54.3 cm³/mol. The van der Waals surface area contributed by atoms with E-state index in [4.69, 9.17) is 4.42 Å². The van der Waals surface area contributed by atoms with E-state index >= 15 is 0 Å². The number of benzene rings is 1. The molecular weight excluding hydrogens is 178 g/mol. The highest BCUT2D eigenvalue weighted by Crippen LogP contribution is 2.21. The second-order valence-corrected chi connectivity index (χ2v) is 3.17. The molecule has 0 saturated heterocycles. The summed E-state index contributed by atoms with van der Waals surface area (Å²) in [6.45, 7) is 0.